The third kappa shape index (κ3) is 4.49. The molecule has 0 aromatic rings. The average molecular weight is 339 g/mol. The van der Waals surface area contributed by atoms with Crippen LogP contribution < -0.4 is 5.11 Å². The van der Waals surface area contributed by atoms with Gasteiger partial charge in [-0.3, -0.25) is 9.59 Å². The first-order chi connectivity index (χ1) is 9.55. The van der Waals surface area contributed by atoms with Crippen LogP contribution in [0.3, 0.4) is 0 Å². The fourth-order valence-electron chi connectivity index (χ4n) is 0.979. The standard InChI is InChI=1S/C11H13F6O5/c1-8(2,3)6(18)21-4-5-22-7(19)9(20,10(12,13)14)11(15,16)17/h4-5H2,1-3H3/q-1. The molecule has 0 rings (SSSR count). The maximum absolute atomic E-state index is 12.2. The van der Waals surface area contributed by atoms with Crippen LogP contribution in [0.25, 0.3) is 0 Å². The van der Waals surface area contributed by atoms with Gasteiger partial charge in [-0.2, -0.15) is 26.3 Å². The quantitative estimate of drug-likeness (QED) is 0.439. The lowest BCUT2D eigenvalue weighted by Gasteiger charge is -2.40. The van der Waals surface area contributed by atoms with Crippen LogP contribution in [0, 0.1) is 5.41 Å². The van der Waals surface area contributed by atoms with Crippen LogP contribution in [0.15, 0.2) is 0 Å². The van der Waals surface area contributed by atoms with Gasteiger partial charge in [0.05, 0.1) is 5.41 Å². The van der Waals surface area contributed by atoms with E-state index in [1.165, 1.54) is 20.8 Å². The van der Waals surface area contributed by atoms with E-state index in [0.29, 0.717) is 0 Å². The molecule has 0 aromatic carbocycles. The molecule has 0 radical (unpaired) electrons. The minimum Gasteiger partial charge on any atom is -0.828 e. The van der Waals surface area contributed by atoms with Gasteiger partial charge in [-0.1, -0.05) is 0 Å². The first-order valence-electron chi connectivity index (χ1n) is 5.73. The van der Waals surface area contributed by atoms with Crippen molar-refractivity contribution in [1.29, 1.82) is 0 Å². The number of hydrogen-bond acceptors (Lipinski definition) is 5. The molecule has 0 bridgehead atoms. The molecule has 0 aliphatic rings. The van der Waals surface area contributed by atoms with Gasteiger partial charge in [0.15, 0.2) is 5.60 Å². The molecule has 0 saturated heterocycles. The predicted molar refractivity (Wildman–Crippen MR) is 56.2 cm³/mol. The van der Waals surface area contributed by atoms with Gasteiger partial charge in [0.1, 0.15) is 13.2 Å². The molecular formula is C11H13F6O5-. The van der Waals surface area contributed by atoms with E-state index in [9.17, 15) is 41.0 Å². The highest BCUT2D eigenvalue weighted by molar-refractivity contribution is 5.81. The predicted octanol–water partition coefficient (Wildman–Crippen LogP) is 1.34. The first kappa shape index (κ1) is 20.5. The number of halogens is 6. The van der Waals surface area contributed by atoms with Gasteiger partial charge in [-0.25, -0.2) is 0 Å². The van der Waals surface area contributed by atoms with Gasteiger partial charge in [-0.15, -0.1) is 0 Å². The van der Waals surface area contributed by atoms with Gasteiger partial charge in [0.25, 0.3) is 0 Å². The number of alkyl halides is 6. The second-order valence-corrected chi connectivity index (χ2v) is 5.20. The lowest BCUT2D eigenvalue weighted by atomic mass is 9.97. The number of hydrogen-bond donors (Lipinski definition) is 0. The van der Waals surface area contributed by atoms with E-state index in [4.69, 9.17) is 0 Å². The Balaban J connectivity index is 4.74. The van der Waals surface area contributed by atoms with Crippen molar-refractivity contribution in [3.63, 3.8) is 0 Å². The molecule has 0 spiro atoms. The summed E-state index contributed by atoms with van der Waals surface area (Å²) in [5.74, 6) is -3.87. The zero-order valence-electron chi connectivity index (χ0n) is 11.7. The van der Waals surface area contributed by atoms with Gasteiger partial charge < -0.3 is 14.6 Å². The smallest absolute Gasteiger partial charge is 0.399 e. The molecule has 130 valence electrons. The Kier molecular flexibility index (Phi) is 5.87. The van der Waals surface area contributed by atoms with Crippen LogP contribution in [0.5, 0.6) is 0 Å². The number of carbonyl (C=O) groups excluding carboxylic acids is 2. The average Bonchev–Trinajstić information content (AvgIpc) is 2.28. The van der Waals surface area contributed by atoms with Crippen molar-refractivity contribution in [3.05, 3.63) is 0 Å². The highest BCUT2D eigenvalue weighted by Crippen LogP contribution is 2.41. The topological polar surface area (TPSA) is 75.7 Å². The Hall–Kier alpha value is -1.52. The summed E-state index contributed by atoms with van der Waals surface area (Å²) in [6, 6.07) is 0. The first-order valence-corrected chi connectivity index (χ1v) is 5.73. The Bertz CT molecular complexity index is 406. The molecule has 0 aromatic heterocycles. The Morgan fingerprint density at radius 1 is 0.818 bits per heavy atom. The molecule has 0 aliphatic heterocycles. The molecule has 0 unspecified atom stereocenters. The Labute approximate surface area is 121 Å². The van der Waals surface area contributed by atoms with Gasteiger partial charge in [-0.05, 0) is 20.8 Å². The second-order valence-electron chi connectivity index (χ2n) is 5.20. The third-order valence-corrected chi connectivity index (χ3v) is 2.25. The normalized spacial score (nSPS) is 13.7. The molecule has 0 N–H and O–H groups in total. The summed E-state index contributed by atoms with van der Waals surface area (Å²) >= 11 is 0. The van der Waals surface area contributed by atoms with Crippen molar-refractivity contribution >= 4 is 11.9 Å². The molecule has 0 amide bonds. The maximum atomic E-state index is 12.2. The van der Waals surface area contributed by atoms with Crippen LogP contribution in [-0.4, -0.2) is 43.1 Å². The lowest BCUT2D eigenvalue weighted by Crippen LogP contribution is -2.71. The molecule has 22 heavy (non-hydrogen) atoms. The van der Waals surface area contributed by atoms with E-state index in [0.717, 1.165) is 0 Å². The van der Waals surface area contributed by atoms with Gasteiger partial charge in [0.2, 0.25) is 0 Å². The fourth-order valence-corrected chi connectivity index (χ4v) is 0.979. The van der Waals surface area contributed by atoms with Crippen LogP contribution in [0.4, 0.5) is 26.3 Å². The second kappa shape index (κ2) is 6.31. The number of ether oxygens (including phenoxy) is 2. The van der Waals surface area contributed by atoms with E-state index >= 15 is 0 Å². The summed E-state index contributed by atoms with van der Waals surface area (Å²) in [4.78, 5) is 22.1. The largest absolute Gasteiger partial charge is 0.828 e. The minimum absolute atomic E-state index is 0.784. The van der Waals surface area contributed by atoms with E-state index < -0.39 is 48.5 Å². The molecule has 0 saturated carbocycles. The van der Waals surface area contributed by atoms with E-state index in [-0.39, 0.29) is 0 Å². The summed E-state index contributed by atoms with van der Waals surface area (Å²) in [6.45, 7) is 2.43. The number of rotatable bonds is 4. The van der Waals surface area contributed by atoms with E-state index in [1.54, 1.807) is 0 Å². The summed E-state index contributed by atoms with van der Waals surface area (Å²) in [5, 5.41) is 10.9. The molecule has 0 aliphatic carbocycles. The van der Waals surface area contributed by atoms with Crippen molar-refractivity contribution in [2.24, 2.45) is 5.41 Å². The van der Waals surface area contributed by atoms with Crippen molar-refractivity contribution in [1.82, 2.24) is 0 Å². The van der Waals surface area contributed by atoms with E-state index in [2.05, 4.69) is 9.47 Å². The molecule has 0 atom stereocenters. The zero-order chi connectivity index (χ0) is 18.0. The highest BCUT2D eigenvalue weighted by atomic mass is 19.4. The molecule has 5 nitrogen and oxygen atoms in total. The molecular weight excluding hydrogens is 326 g/mol. The van der Waals surface area contributed by atoms with Crippen molar-refractivity contribution in [3.8, 4) is 0 Å². The summed E-state index contributed by atoms with van der Waals surface area (Å²) in [6.07, 6.45) is -12.9. The SMILES string of the molecule is CC(C)(C)C(=O)OCCOC(=O)C([O-])(C(F)(F)F)C(F)(F)F. The van der Waals surface area contributed by atoms with Crippen LogP contribution in [-0.2, 0) is 19.1 Å². The Morgan fingerprint density at radius 2 is 1.14 bits per heavy atom. The zero-order valence-corrected chi connectivity index (χ0v) is 11.7. The lowest BCUT2D eigenvalue weighted by molar-refractivity contribution is -0.574. The monoisotopic (exact) mass is 339 g/mol. The van der Waals surface area contributed by atoms with Gasteiger partial charge >= 0.3 is 24.3 Å². The molecule has 0 fully saturated rings. The molecule has 11 heteroatoms. The number of esters is 2. The number of carbonyl (C=O) groups is 2. The highest BCUT2D eigenvalue weighted by Gasteiger charge is 2.68. The Morgan fingerprint density at radius 3 is 1.41 bits per heavy atom. The van der Waals surface area contributed by atoms with E-state index in [1.807, 2.05) is 0 Å². The molecule has 0 heterocycles. The summed E-state index contributed by atoms with van der Waals surface area (Å²) in [5.41, 5.74) is -6.86. The van der Waals surface area contributed by atoms with Gasteiger partial charge in [0, 0.05) is 0 Å². The maximum Gasteiger partial charge on any atom is 0.399 e. The minimum atomic E-state index is -6.43. The van der Waals surface area contributed by atoms with Crippen molar-refractivity contribution in [2.75, 3.05) is 13.2 Å². The van der Waals surface area contributed by atoms with Crippen molar-refractivity contribution < 1.29 is 50.5 Å². The van der Waals surface area contributed by atoms with Crippen LogP contribution in [0.2, 0.25) is 0 Å². The summed E-state index contributed by atoms with van der Waals surface area (Å²) in [7, 11) is 0. The van der Waals surface area contributed by atoms with Crippen LogP contribution in [0.1, 0.15) is 20.8 Å². The fraction of sp³-hybridized carbons (Fsp3) is 0.818. The third-order valence-electron chi connectivity index (χ3n) is 2.25. The summed E-state index contributed by atoms with van der Waals surface area (Å²) < 4.78 is 81.5. The van der Waals surface area contributed by atoms with Crippen LogP contribution >= 0.6 is 0 Å². The van der Waals surface area contributed by atoms with Crippen molar-refractivity contribution in [2.45, 2.75) is 38.7 Å².